The number of hydrogen-bond acceptors (Lipinski definition) is 4. The molecule has 0 radical (unpaired) electrons. The monoisotopic (exact) mass is 395 g/mol. The third-order valence-electron chi connectivity index (χ3n) is 6.12. The molecular weight excluding hydrogens is 366 g/mol. The summed E-state index contributed by atoms with van der Waals surface area (Å²) in [6.07, 6.45) is 7.61. The molecule has 1 aromatic heterocycles. The van der Waals surface area contributed by atoms with Crippen LogP contribution in [0.5, 0.6) is 5.75 Å². The molecule has 1 fully saturated rings. The Balaban J connectivity index is 1.46. The first kappa shape index (κ1) is 19.7. The van der Waals surface area contributed by atoms with E-state index < -0.39 is 0 Å². The maximum atomic E-state index is 12.9. The van der Waals surface area contributed by atoms with Gasteiger partial charge in [0.05, 0.1) is 31.8 Å². The Morgan fingerprint density at radius 3 is 2.72 bits per heavy atom. The molecule has 2 aromatic rings. The van der Waals surface area contributed by atoms with Crippen molar-refractivity contribution in [2.24, 2.45) is 0 Å². The van der Waals surface area contributed by atoms with Gasteiger partial charge in [-0.05, 0) is 61.8 Å². The highest BCUT2D eigenvalue weighted by molar-refractivity contribution is 5.79. The number of carbonyl (C=O) groups excluding carboxylic acids is 1. The minimum Gasteiger partial charge on any atom is -0.497 e. The SMILES string of the molecule is COc1ccc(CC(=O)N2CCC[C@H]2Cn2nc3c(cc2=O)CCCCC3)cc1. The van der Waals surface area contributed by atoms with Gasteiger partial charge in [-0.1, -0.05) is 18.6 Å². The van der Waals surface area contributed by atoms with Crippen molar-refractivity contribution in [3.63, 3.8) is 0 Å². The second kappa shape index (κ2) is 8.80. The zero-order chi connectivity index (χ0) is 20.2. The zero-order valence-electron chi connectivity index (χ0n) is 17.1. The highest BCUT2D eigenvalue weighted by Gasteiger charge is 2.29. The fourth-order valence-electron chi connectivity index (χ4n) is 4.48. The number of ether oxygens (including phenoxy) is 1. The van der Waals surface area contributed by atoms with Crippen LogP contribution in [0.1, 0.15) is 48.9 Å². The molecule has 0 unspecified atom stereocenters. The minimum absolute atomic E-state index is 0.0368. The van der Waals surface area contributed by atoms with Gasteiger partial charge in [-0.3, -0.25) is 9.59 Å². The van der Waals surface area contributed by atoms with Crippen LogP contribution in [0, 0.1) is 0 Å². The van der Waals surface area contributed by atoms with E-state index >= 15 is 0 Å². The molecule has 1 saturated heterocycles. The molecule has 1 aliphatic carbocycles. The lowest BCUT2D eigenvalue weighted by molar-refractivity contribution is -0.131. The van der Waals surface area contributed by atoms with E-state index in [1.54, 1.807) is 17.9 Å². The Kier molecular flexibility index (Phi) is 5.97. The van der Waals surface area contributed by atoms with E-state index in [9.17, 15) is 9.59 Å². The summed E-state index contributed by atoms with van der Waals surface area (Å²) in [6.45, 7) is 1.24. The van der Waals surface area contributed by atoms with E-state index in [0.29, 0.717) is 13.0 Å². The number of methoxy groups -OCH3 is 1. The quantitative estimate of drug-likeness (QED) is 0.731. The molecule has 0 bridgehead atoms. The first-order chi connectivity index (χ1) is 14.1. The Labute approximate surface area is 171 Å². The number of nitrogens with zero attached hydrogens (tertiary/aromatic N) is 3. The van der Waals surface area contributed by atoms with Crippen LogP contribution in [-0.4, -0.2) is 40.3 Å². The maximum absolute atomic E-state index is 12.9. The molecule has 1 amide bonds. The molecule has 0 saturated carbocycles. The van der Waals surface area contributed by atoms with Crippen molar-refractivity contribution in [2.75, 3.05) is 13.7 Å². The van der Waals surface area contributed by atoms with Crippen molar-refractivity contribution < 1.29 is 9.53 Å². The van der Waals surface area contributed by atoms with Gasteiger partial charge in [-0.25, -0.2) is 4.68 Å². The predicted molar refractivity (Wildman–Crippen MR) is 111 cm³/mol. The molecule has 0 N–H and O–H groups in total. The molecule has 2 aliphatic rings. The van der Waals surface area contributed by atoms with Gasteiger partial charge in [0, 0.05) is 12.6 Å². The van der Waals surface area contributed by atoms with Crippen LogP contribution in [0.25, 0.3) is 0 Å². The van der Waals surface area contributed by atoms with Crippen LogP contribution in [-0.2, 0) is 30.6 Å². The van der Waals surface area contributed by atoms with E-state index in [4.69, 9.17) is 4.74 Å². The maximum Gasteiger partial charge on any atom is 0.267 e. The standard InChI is InChI=1S/C23H29N3O3/c1-29-20-11-9-17(10-12-20)14-22(27)25-13-5-7-19(25)16-26-23(28)15-18-6-3-2-4-8-21(18)24-26/h9-12,15,19H,2-8,13-14,16H2,1H3/t19-/m0/s1. The number of carbonyl (C=O) groups is 1. The van der Waals surface area contributed by atoms with Crippen molar-refractivity contribution in [1.82, 2.24) is 14.7 Å². The summed E-state index contributed by atoms with van der Waals surface area (Å²) in [5.74, 6) is 0.898. The van der Waals surface area contributed by atoms with Crippen LogP contribution < -0.4 is 10.3 Å². The Bertz CT molecular complexity index is 920. The van der Waals surface area contributed by atoms with Crippen molar-refractivity contribution in [3.8, 4) is 5.75 Å². The Hall–Kier alpha value is -2.63. The van der Waals surface area contributed by atoms with Crippen LogP contribution >= 0.6 is 0 Å². The first-order valence-corrected chi connectivity index (χ1v) is 10.7. The van der Waals surface area contributed by atoms with Gasteiger partial charge in [0.2, 0.25) is 5.91 Å². The summed E-state index contributed by atoms with van der Waals surface area (Å²) in [7, 11) is 1.63. The minimum atomic E-state index is -0.0416. The summed E-state index contributed by atoms with van der Waals surface area (Å²) in [5.41, 5.74) is 3.11. The molecule has 2 heterocycles. The molecule has 1 aliphatic heterocycles. The lowest BCUT2D eigenvalue weighted by atomic mass is 10.1. The second-order valence-electron chi connectivity index (χ2n) is 8.11. The fourth-order valence-corrected chi connectivity index (χ4v) is 4.48. The smallest absolute Gasteiger partial charge is 0.267 e. The van der Waals surface area contributed by atoms with E-state index in [-0.39, 0.29) is 17.5 Å². The van der Waals surface area contributed by atoms with E-state index in [2.05, 4.69) is 5.10 Å². The van der Waals surface area contributed by atoms with Crippen LogP contribution in [0.4, 0.5) is 0 Å². The van der Waals surface area contributed by atoms with Crippen molar-refractivity contribution >= 4 is 5.91 Å². The van der Waals surface area contributed by atoms with Crippen LogP contribution in [0.2, 0.25) is 0 Å². The van der Waals surface area contributed by atoms with Gasteiger partial charge in [0.1, 0.15) is 5.75 Å². The molecule has 4 rings (SSSR count). The Morgan fingerprint density at radius 1 is 1.14 bits per heavy atom. The lowest BCUT2D eigenvalue weighted by Crippen LogP contribution is -2.41. The van der Waals surface area contributed by atoms with Gasteiger partial charge < -0.3 is 9.64 Å². The molecule has 6 nitrogen and oxygen atoms in total. The number of aryl methyl sites for hydroxylation is 2. The zero-order valence-corrected chi connectivity index (χ0v) is 17.1. The van der Waals surface area contributed by atoms with Crippen molar-refractivity contribution in [1.29, 1.82) is 0 Å². The van der Waals surface area contributed by atoms with E-state index in [1.165, 1.54) is 6.42 Å². The predicted octanol–water partition coefficient (Wildman–Crippen LogP) is 2.75. The topological polar surface area (TPSA) is 64.4 Å². The van der Waals surface area contributed by atoms with Gasteiger partial charge in [0.15, 0.2) is 0 Å². The molecule has 0 spiro atoms. The summed E-state index contributed by atoms with van der Waals surface area (Å²) >= 11 is 0. The average Bonchev–Trinajstić information content (AvgIpc) is 3.07. The Morgan fingerprint density at radius 2 is 1.93 bits per heavy atom. The van der Waals surface area contributed by atoms with Gasteiger partial charge in [-0.15, -0.1) is 0 Å². The summed E-state index contributed by atoms with van der Waals surface area (Å²) < 4.78 is 6.77. The van der Waals surface area contributed by atoms with E-state index in [0.717, 1.165) is 67.6 Å². The third-order valence-corrected chi connectivity index (χ3v) is 6.12. The number of rotatable bonds is 5. The van der Waals surface area contributed by atoms with Gasteiger partial charge in [0.25, 0.3) is 5.56 Å². The molecule has 6 heteroatoms. The van der Waals surface area contributed by atoms with Crippen LogP contribution in [0.15, 0.2) is 35.1 Å². The first-order valence-electron chi connectivity index (χ1n) is 10.7. The highest BCUT2D eigenvalue weighted by Crippen LogP contribution is 2.22. The summed E-state index contributed by atoms with van der Waals surface area (Å²) in [6, 6.07) is 9.42. The van der Waals surface area contributed by atoms with E-state index in [1.807, 2.05) is 29.2 Å². The summed E-state index contributed by atoms with van der Waals surface area (Å²) in [4.78, 5) is 27.5. The molecule has 29 heavy (non-hydrogen) atoms. The van der Waals surface area contributed by atoms with Crippen molar-refractivity contribution in [2.45, 2.75) is 64.0 Å². The largest absolute Gasteiger partial charge is 0.497 e. The molecule has 1 atom stereocenters. The van der Waals surface area contributed by atoms with Crippen LogP contribution in [0.3, 0.4) is 0 Å². The third kappa shape index (κ3) is 4.52. The average molecular weight is 396 g/mol. The fraction of sp³-hybridized carbons (Fsp3) is 0.522. The van der Waals surface area contributed by atoms with Gasteiger partial charge in [-0.2, -0.15) is 5.10 Å². The van der Waals surface area contributed by atoms with Gasteiger partial charge >= 0.3 is 0 Å². The molecule has 1 aromatic carbocycles. The number of likely N-dealkylation sites (tertiary alicyclic amines) is 1. The number of fused-ring (bicyclic) bond motifs is 1. The molecular formula is C23H29N3O3. The number of aromatic nitrogens is 2. The molecule has 154 valence electrons. The number of benzene rings is 1. The highest BCUT2D eigenvalue weighted by atomic mass is 16.5. The number of hydrogen-bond donors (Lipinski definition) is 0. The summed E-state index contributed by atoms with van der Waals surface area (Å²) in [5, 5.41) is 4.69. The lowest BCUT2D eigenvalue weighted by Gasteiger charge is -2.25. The second-order valence-corrected chi connectivity index (χ2v) is 8.11. The number of amides is 1. The van der Waals surface area contributed by atoms with Crippen molar-refractivity contribution in [3.05, 3.63) is 57.5 Å². The normalized spacial score (nSPS) is 18.9.